The van der Waals surface area contributed by atoms with Crippen LogP contribution in [-0.2, 0) is 0 Å². The highest BCUT2D eigenvalue weighted by Gasteiger charge is 2.29. The van der Waals surface area contributed by atoms with E-state index < -0.39 is 0 Å². The Bertz CT molecular complexity index is 953. The first-order chi connectivity index (χ1) is 13.8. The number of carbonyl (C=O) groups is 2. The first-order valence-electron chi connectivity index (χ1n) is 10.3. The fourth-order valence-electron chi connectivity index (χ4n) is 4.37. The Labute approximate surface area is 171 Å². The van der Waals surface area contributed by atoms with Gasteiger partial charge in [0.15, 0.2) is 11.6 Å². The van der Waals surface area contributed by atoms with E-state index in [1.54, 1.807) is 12.1 Å². The van der Waals surface area contributed by atoms with Gasteiger partial charge in [0.25, 0.3) is 0 Å². The number of piperazine rings is 1. The molecule has 2 aliphatic rings. The predicted octanol–water partition coefficient (Wildman–Crippen LogP) is 3.79. The number of benzene rings is 1. The zero-order chi connectivity index (χ0) is 20.7. The summed E-state index contributed by atoms with van der Waals surface area (Å²) < 4.78 is 16.7. The number of nitrogens with zero attached hydrogens (tertiary/aromatic N) is 3. The molecular weight excluding hydrogens is 369 g/mol. The molecule has 1 aromatic carbocycles. The summed E-state index contributed by atoms with van der Waals surface area (Å²) in [5.41, 5.74) is 4.00. The van der Waals surface area contributed by atoms with Crippen molar-refractivity contribution in [3.63, 3.8) is 0 Å². The number of rotatable bonds is 6. The van der Waals surface area contributed by atoms with Gasteiger partial charge in [-0.1, -0.05) is 0 Å². The lowest BCUT2D eigenvalue weighted by molar-refractivity contribution is 0.0925. The van der Waals surface area contributed by atoms with Crippen LogP contribution in [0.3, 0.4) is 0 Å². The molecule has 6 heteroatoms. The maximum Gasteiger partial charge on any atom is 0.178 e. The summed E-state index contributed by atoms with van der Waals surface area (Å²) in [4.78, 5) is 28.4. The molecule has 1 saturated heterocycles. The lowest BCUT2D eigenvalue weighted by Gasteiger charge is -2.36. The lowest BCUT2D eigenvalue weighted by atomic mass is 10.1. The highest BCUT2D eigenvalue weighted by Crippen LogP contribution is 2.38. The number of hydrogen-bond donors (Lipinski definition) is 0. The monoisotopic (exact) mass is 397 g/mol. The largest absolute Gasteiger partial charge is 0.367 e. The van der Waals surface area contributed by atoms with Crippen LogP contribution in [0, 0.1) is 19.7 Å². The van der Waals surface area contributed by atoms with Crippen LogP contribution >= 0.6 is 0 Å². The minimum absolute atomic E-state index is 0.139. The van der Waals surface area contributed by atoms with Crippen LogP contribution in [-0.4, -0.2) is 53.8 Å². The van der Waals surface area contributed by atoms with Crippen molar-refractivity contribution in [3.05, 3.63) is 52.6 Å². The van der Waals surface area contributed by atoms with Gasteiger partial charge in [-0.15, -0.1) is 0 Å². The molecule has 5 nitrogen and oxygen atoms in total. The quantitative estimate of drug-likeness (QED) is 0.696. The summed E-state index contributed by atoms with van der Waals surface area (Å²) in [6.07, 6.45) is 2.41. The first-order valence-corrected chi connectivity index (χ1v) is 10.3. The summed E-state index contributed by atoms with van der Waals surface area (Å²) in [7, 11) is 0. The second-order valence-corrected chi connectivity index (χ2v) is 8.29. The molecular formula is C23H28FN3O2. The number of halogens is 1. The summed E-state index contributed by atoms with van der Waals surface area (Å²) >= 11 is 0. The number of Topliss-reactive ketones (excluding diaryl/α,β-unsaturated/α-hetero) is 2. The fraction of sp³-hybridized carbons (Fsp3) is 0.478. The van der Waals surface area contributed by atoms with E-state index >= 15 is 0 Å². The van der Waals surface area contributed by atoms with Crippen LogP contribution in [0.4, 0.5) is 10.1 Å². The van der Waals surface area contributed by atoms with Gasteiger partial charge in [0.1, 0.15) is 5.82 Å². The third kappa shape index (κ3) is 3.99. The van der Waals surface area contributed by atoms with Gasteiger partial charge in [-0.25, -0.2) is 4.39 Å². The van der Waals surface area contributed by atoms with Gasteiger partial charge in [-0.05, 0) is 57.9 Å². The predicted molar refractivity (Wildman–Crippen MR) is 112 cm³/mol. The molecule has 1 aliphatic carbocycles. The Morgan fingerprint density at radius 2 is 1.76 bits per heavy atom. The zero-order valence-electron chi connectivity index (χ0n) is 17.4. The molecule has 2 heterocycles. The van der Waals surface area contributed by atoms with Gasteiger partial charge in [0, 0.05) is 54.7 Å². The van der Waals surface area contributed by atoms with Crippen molar-refractivity contribution in [1.29, 1.82) is 0 Å². The second kappa shape index (κ2) is 7.75. The standard InChI is InChI=1S/C23H28FN3O2/c1-15-12-20(16(2)27(15)19-5-6-19)23(29)14-25-8-10-26(11-9-25)22-7-4-18(17(3)28)13-21(22)24/h4,7,12-13,19H,5-6,8-11,14H2,1-3H3. The molecule has 0 bridgehead atoms. The fourth-order valence-corrected chi connectivity index (χ4v) is 4.37. The number of hydrogen-bond acceptors (Lipinski definition) is 4. The van der Waals surface area contributed by atoms with Crippen LogP contribution in [0.15, 0.2) is 24.3 Å². The van der Waals surface area contributed by atoms with Gasteiger partial charge in [0.2, 0.25) is 0 Å². The molecule has 1 aromatic heterocycles. The van der Waals surface area contributed by atoms with Gasteiger partial charge in [-0.3, -0.25) is 14.5 Å². The van der Waals surface area contributed by atoms with E-state index in [0.717, 1.165) is 11.3 Å². The summed E-state index contributed by atoms with van der Waals surface area (Å²) in [5, 5.41) is 0. The molecule has 0 radical (unpaired) electrons. The van der Waals surface area contributed by atoms with E-state index in [1.165, 1.54) is 31.5 Å². The third-order valence-electron chi connectivity index (χ3n) is 6.13. The van der Waals surface area contributed by atoms with Gasteiger partial charge in [0.05, 0.1) is 12.2 Å². The van der Waals surface area contributed by atoms with Crippen molar-refractivity contribution in [1.82, 2.24) is 9.47 Å². The SMILES string of the molecule is CC(=O)c1ccc(N2CCN(CC(=O)c3cc(C)n(C4CC4)c3C)CC2)c(F)c1. The van der Waals surface area contributed by atoms with Crippen LogP contribution in [0.5, 0.6) is 0 Å². The highest BCUT2D eigenvalue weighted by molar-refractivity contribution is 5.99. The highest BCUT2D eigenvalue weighted by atomic mass is 19.1. The van der Waals surface area contributed by atoms with Crippen molar-refractivity contribution in [2.24, 2.45) is 0 Å². The van der Waals surface area contributed by atoms with Gasteiger partial charge in [-0.2, -0.15) is 0 Å². The molecule has 29 heavy (non-hydrogen) atoms. The lowest BCUT2D eigenvalue weighted by Crippen LogP contribution is -2.48. The van der Waals surface area contributed by atoms with E-state index in [4.69, 9.17) is 0 Å². The van der Waals surface area contributed by atoms with E-state index in [-0.39, 0.29) is 17.4 Å². The Balaban J connectivity index is 1.37. The molecule has 1 aliphatic heterocycles. The summed E-state index contributed by atoms with van der Waals surface area (Å²) in [5.74, 6) is -0.343. The molecule has 0 spiro atoms. The first kappa shape index (κ1) is 19.8. The second-order valence-electron chi connectivity index (χ2n) is 8.29. The minimum atomic E-state index is -0.366. The van der Waals surface area contributed by atoms with E-state index in [0.29, 0.717) is 50.0 Å². The average Bonchev–Trinajstić information content (AvgIpc) is 3.47. The number of ketones is 2. The zero-order valence-corrected chi connectivity index (χ0v) is 17.4. The maximum atomic E-state index is 14.4. The van der Waals surface area contributed by atoms with Crippen LogP contribution < -0.4 is 4.90 Å². The normalized spacial score (nSPS) is 17.6. The van der Waals surface area contributed by atoms with E-state index in [9.17, 15) is 14.0 Å². The Morgan fingerprint density at radius 3 is 2.34 bits per heavy atom. The van der Waals surface area contributed by atoms with Crippen molar-refractivity contribution in [2.75, 3.05) is 37.6 Å². The number of aryl methyl sites for hydroxylation is 1. The number of carbonyl (C=O) groups excluding carboxylic acids is 2. The van der Waals surface area contributed by atoms with Crippen LogP contribution in [0.2, 0.25) is 0 Å². The molecule has 0 atom stereocenters. The molecule has 0 unspecified atom stereocenters. The average molecular weight is 397 g/mol. The van der Waals surface area contributed by atoms with Gasteiger partial charge >= 0.3 is 0 Å². The van der Waals surface area contributed by atoms with E-state index in [2.05, 4.69) is 16.4 Å². The van der Waals surface area contributed by atoms with Crippen molar-refractivity contribution < 1.29 is 14.0 Å². The van der Waals surface area contributed by atoms with E-state index in [1.807, 2.05) is 17.9 Å². The summed E-state index contributed by atoms with van der Waals surface area (Å²) in [6.45, 7) is 8.69. The summed E-state index contributed by atoms with van der Waals surface area (Å²) in [6, 6.07) is 7.26. The van der Waals surface area contributed by atoms with Crippen molar-refractivity contribution in [3.8, 4) is 0 Å². The molecule has 0 amide bonds. The smallest absolute Gasteiger partial charge is 0.178 e. The third-order valence-corrected chi connectivity index (χ3v) is 6.13. The van der Waals surface area contributed by atoms with Crippen molar-refractivity contribution in [2.45, 2.75) is 39.7 Å². The number of anilines is 1. The molecule has 2 aromatic rings. The maximum absolute atomic E-state index is 14.4. The Kier molecular flexibility index (Phi) is 5.30. The topological polar surface area (TPSA) is 45.6 Å². The molecule has 2 fully saturated rings. The van der Waals surface area contributed by atoms with Crippen LogP contribution in [0.25, 0.3) is 0 Å². The minimum Gasteiger partial charge on any atom is -0.367 e. The molecule has 4 rings (SSSR count). The number of aromatic nitrogens is 1. The molecule has 154 valence electrons. The Morgan fingerprint density at radius 1 is 1.07 bits per heavy atom. The van der Waals surface area contributed by atoms with Crippen molar-refractivity contribution >= 4 is 17.3 Å². The molecule has 0 N–H and O–H groups in total. The molecule has 1 saturated carbocycles. The Hall–Kier alpha value is -2.47. The van der Waals surface area contributed by atoms with Gasteiger partial charge < -0.3 is 9.47 Å². The van der Waals surface area contributed by atoms with Crippen LogP contribution in [0.1, 0.15) is 57.9 Å².